The van der Waals surface area contributed by atoms with E-state index in [1.807, 2.05) is 0 Å². The van der Waals surface area contributed by atoms with E-state index in [-0.39, 0.29) is 6.42 Å². The van der Waals surface area contributed by atoms with Gasteiger partial charge in [0.25, 0.3) is 0 Å². The van der Waals surface area contributed by atoms with Crippen molar-refractivity contribution in [3.8, 4) is 0 Å². The van der Waals surface area contributed by atoms with Crippen molar-refractivity contribution < 1.29 is 31.3 Å². The molecule has 7 nitrogen and oxygen atoms in total. The van der Waals surface area contributed by atoms with E-state index in [2.05, 4.69) is 5.32 Å². The molecule has 0 saturated carbocycles. The van der Waals surface area contributed by atoms with Crippen LogP contribution in [0.3, 0.4) is 0 Å². The third-order valence-corrected chi connectivity index (χ3v) is 3.28. The highest BCUT2D eigenvalue weighted by Gasteiger charge is 2.50. The number of aliphatic hydroxyl groups excluding tert-OH is 3. The van der Waals surface area contributed by atoms with Gasteiger partial charge in [-0.3, -0.25) is 0 Å². The highest BCUT2D eigenvalue weighted by molar-refractivity contribution is 5.77. The Kier molecular flexibility index (Phi) is 4.18. The summed E-state index contributed by atoms with van der Waals surface area (Å²) in [6.45, 7) is 0.856. The normalized spacial score (nSPS) is 40.9. The summed E-state index contributed by atoms with van der Waals surface area (Å²) in [6, 6.07) is -0.719. The van der Waals surface area contributed by atoms with Crippen molar-refractivity contribution in [2.24, 2.45) is 0 Å². The van der Waals surface area contributed by atoms with Crippen molar-refractivity contribution in [1.29, 1.82) is 0 Å². The molecule has 1 aliphatic rings. The molecule has 0 amide bonds. The Hall–Kier alpha value is -0.730. The molecule has 0 aromatic carbocycles. The lowest BCUT2D eigenvalue weighted by molar-refractivity contribution is -0.221. The molecule has 7 heteroatoms. The predicted molar refractivity (Wildman–Crippen MR) is 62.1 cm³/mol. The number of aliphatic hydroxyl groups is 3. The maximum Gasteiger partial charge on any atom is 0.335 e. The largest absolute Gasteiger partial charge is 0.479 e. The van der Waals surface area contributed by atoms with Crippen molar-refractivity contribution in [2.45, 2.75) is 56.3 Å². The smallest absolute Gasteiger partial charge is 0.335 e. The summed E-state index contributed by atoms with van der Waals surface area (Å²) in [6.07, 6.45) is -5.12. The minimum absolute atomic E-state index is 0.131. The van der Waals surface area contributed by atoms with E-state index in [1.165, 1.54) is 14.0 Å². The zero-order chi connectivity index (χ0) is 14.8. The molecule has 0 spiro atoms. The fraction of sp³-hybridized carbons (Fsp3) is 0.909. The maximum atomic E-state index is 11.2. The fourth-order valence-corrected chi connectivity index (χ4v) is 2.16. The van der Waals surface area contributed by atoms with Crippen LogP contribution in [-0.4, -0.2) is 69.5 Å². The van der Waals surface area contributed by atoms with Crippen molar-refractivity contribution in [3.63, 3.8) is 0 Å². The van der Waals surface area contributed by atoms with Gasteiger partial charge in [0.15, 0.2) is 5.60 Å². The molecule has 6 atom stereocenters. The molecule has 1 saturated heterocycles. The molecule has 1 rings (SSSR count). The second-order valence-electron chi connectivity index (χ2n) is 4.76. The van der Waals surface area contributed by atoms with Gasteiger partial charge in [0.05, 0.1) is 18.2 Å². The Morgan fingerprint density at radius 3 is 2.67 bits per heavy atom. The molecule has 1 aliphatic heterocycles. The van der Waals surface area contributed by atoms with Crippen LogP contribution in [0.4, 0.5) is 0 Å². The standard InChI is InChI=1S/C11H21NO6/c1-5(13)8(15)9-7(12-3)6(14)4-11(2,18-9)10(16)17/h5-9,12-15H,4H2,1-3H3,(H,16,17)/i1D. The first-order valence-corrected chi connectivity index (χ1v) is 5.68. The highest BCUT2D eigenvalue weighted by Crippen LogP contribution is 2.31. The maximum absolute atomic E-state index is 11.2. The van der Waals surface area contributed by atoms with Crippen molar-refractivity contribution in [1.82, 2.24) is 5.32 Å². The van der Waals surface area contributed by atoms with Gasteiger partial charge in [0.1, 0.15) is 12.2 Å². The first-order valence-electron chi connectivity index (χ1n) is 6.39. The number of hydrogen-bond acceptors (Lipinski definition) is 6. The third-order valence-electron chi connectivity index (χ3n) is 3.28. The molecule has 6 unspecified atom stereocenters. The van der Waals surface area contributed by atoms with E-state index in [0.29, 0.717) is 0 Å². The SMILES string of the molecule is [2H]CC(O)C(O)C1OC(C)(C(=O)O)CC(O)C1NC. The van der Waals surface area contributed by atoms with Gasteiger partial charge in [-0.05, 0) is 20.9 Å². The minimum Gasteiger partial charge on any atom is -0.479 e. The van der Waals surface area contributed by atoms with Crippen LogP contribution >= 0.6 is 0 Å². The topological polar surface area (TPSA) is 119 Å². The van der Waals surface area contributed by atoms with Crippen LogP contribution in [0, 0.1) is 0 Å². The van der Waals surface area contributed by atoms with Gasteiger partial charge < -0.3 is 30.5 Å². The lowest BCUT2D eigenvalue weighted by atomic mass is 9.85. The lowest BCUT2D eigenvalue weighted by Gasteiger charge is -2.45. The number of aliphatic carboxylic acids is 1. The van der Waals surface area contributed by atoms with Crippen LogP contribution in [0.1, 0.15) is 21.6 Å². The first kappa shape index (κ1) is 13.7. The Bertz CT molecular complexity index is 330. The summed E-state index contributed by atoms with van der Waals surface area (Å²) in [5, 5.41) is 41.3. The molecule has 0 aliphatic carbocycles. The van der Waals surface area contributed by atoms with Gasteiger partial charge >= 0.3 is 5.97 Å². The van der Waals surface area contributed by atoms with Crippen LogP contribution in [0.2, 0.25) is 0 Å². The van der Waals surface area contributed by atoms with Crippen molar-refractivity contribution >= 4 is 5.97 Å². The van der Waals surface area contributed by atoms with E-state index in [9.17, 15) is 20.1 Å². The number of carbonyl (C=O) groups is 1. The zero-order valence-corrected chi connectivity index (χ0v) is 10.4. The quantitative estimate of drug-likeness (QED) is 0.411. The van der Waals surface area contributed by atoms with Gasteiger partial charge in [-0.2, -0.15) is 0 Å². The Labute approximate surface area is 107 Å². The summed E-state index contributed by atoms with van der Waals surface area (Å²) in [7, 11) is 1.54. The van der Waals surface area contributed by atoms with Crippen LogP contribution < -0.4 is 5.32 Å². The first-order chi connectivity index (χ1) is 8.76. The summed E-state index contributed by atoms with van der Waals surface area (Å²) < 4.78 is 12.4. The molecule has 0 aromatic rings. The Morgan fingerprint density at radius 1 is 1.61 bits per heavy atom. The molecular formula is C11H21NO6. The van der Waals surface area contributed by atoms with Gasteiger partial charge in [0, 0.05) is 7.79 Å². The molecular weight excluding hydrogens is 242 g/mol. The molecule has 5 N–H and O–H groups in total. The van der Waals surface area contributed by atoms with E-state index in [1.54, 1.807) is 0 Å². The van der Waals surface area contributed by atoms with Crippen molar-refractivity contribution in [3.05, 3.63) is 0 Å². The van der Waals surface area contributed by atoms with Gasteiger partial charge in [-0.25, -0.2) is 4.79 Å². The molecule has 0 radical (unpaired) electrons. The van der Waals surface area contributed by atoms with Crippen LogP contribution in [0.5, 0.6) is 0 Å². The average molecular weight is 264 g/mol. The summed E-state index contributed by atoms with van der Waals surface area (Å²) in [5.41, 5.74) is -1.64. The zero-order valence-electron chi connectivity index (χ0n) is 11.4. The summed E-state index contributed by atoms with van der Waals surface area (Å²) in [4.78, 5) is 11.2. The number of ether oxygens (including phenoxy) is 1. The number of hydrogen-bond donors (Lipinski definition) is 5. The van der Waals surface area contributed by atoms with E-state index < -0.39 is 48.9 Å². The number of carboxylic acids is 1. The third kappa shape index (κ3) is 2.81. The molecule has 1 heterocycles. The van der Waals surface area contributed by atoms with E-state index >= 15 is 0 Å². The second kappa shape index (κ2) is 5.50. The lowest BCUT2D eigenvalue weighted by Crippen LogP contribution is -2.65. The fourth-order valence-electron chi connectivity index (χ4n) is 2.16. The van der Waals surface area contributed by atoms with Crippen LogP contribution in [0.15, 0.2) is 0 Å². The Balaban J connectivity index is 2.99. The number of nitrogens with one attached hydrogen (secondary N) is 1. The monoisotopic (exact) mass is 264 g/mol. The van der Waals surface area contributed by atoms with E-state index in [4.69, 9.17) is 11.2 Å². The van der Waals surface area contributed by atoms with Gasteiger partial charge in [-0.1, -0.05) is 0 Å². The Morgan fingerprint density at radius 2 is 2.22 bits per heavy atom. The second-order valence-corrected chi connectivity index (χ2v) is 4.76. The molecule has 0 aromatic heterocycles. The summed E-state index contributed by atoms with van der Waals surface area (Å²) >= 11 is 0. The molecule has 106 valence electrons. The number of carboxylic acid groups (broad SMARTS) is 1. The average Bonchev–Trinajstić information content (AvgIpc) is 2.36. The predicted octanol–water partition coefficient (Wildman–Crippen LogP) is -1.69. The minimum atomic E-state index is -1.64. The number of rotatable bonds is 4. The van der Waals surface area contributed by atoms with E-state index in [0.717, 1.165) is 0 Å². The highest BCUT2D eigenvalue weighted by atomic mass is 16.6. The number of likely N-dealkylation sites (N-methyl/N-ethyl adjacent to an activating group) is 1. The van der Waals surface area contributed by atoms with Crippen LogP contribution in [-0.2, 0) is 9.53 Å². The molecule has 18 heavy (non-hydrogen) atoms. The van der Waals surface area contributed by atoms with Gasteiger partial charge in [-0.15, -0.1) is 0 Å². The molecule has 0 bridgehead atoms. The molecule has 1 fully saturated rings. The summed E-state index contributed by atoms with van der Waals surface area (Å²) in [5.74, 6) is -1.25. The van der Waals surface area contributed by atoms with Gasteiger partial charge in [0.2, 0.25) is 0 Å². The van der Waals surface area contributed by atoms with Crippen molar-refractivity contribution in [2.75, 3.05) is 7.05 Å². The van der Waals surface area contributed by atoms with Crippen LogP contribution in [0.25, 0.3) is 0 Å².